The summed E-state index contributed by atoms with van der Waals surface area (Å²) in [5, 5.41) is 4.16. The number of ether oxygens (including phenoxy) is 1. The predicted octanol–water partition coefficient (Wildman–Crippen LogP) is 1.97. The van der Waals surface area contributed by atoms with Gasteiger partial charge in [-0.1, -0.05) is 5.16 Å². The lowest BCUT2D eigenvalue weighted by atomic mass is 9.97. The molecule has 2 rings (SSSR count). The fourth-order valence-corrected chi connectivity index (χ4v) is 1.57. The van der Waals surface area contributed by atoms with Crippen LogP contribution < -0.4 is 0 Å². The van der Waals surface area contributed by atoms with Gasteiger partial charge in [0.05, 0.1) is 12.3 Å². The zero-order chi connectivity index (χ0) is 9.10. The van der Waals surface area contributed by atoms with Crippen LogP contribution in [0.5, 0.6) is 0 Å². The van der Waals surface area contributed by atoms with Gasteiger partial charge in [0.15, 0.2) is 0 Å². The minimum Gasteiger partial charge on any atom is -0.393 e. The molecule has 1 aliphatic heterocycles. The van der Waals surface area contributed by atoms with Crippen molar-refractivity contribution in [2.24, 2.45) is 11.1 Å². The molecule has 1 atom stereocenters. The van der Waals surface area contributed by atoms with Crippen LogP contribution in [0.1, 0.15) is 32.6 Å². The smallest absolute Gasteiger partial charge is 0.127 e. The molecule has 0 N–H and O–H groups in total. The van der Waals surface area contributed by atoms with E-state index in [1.165, 1.54) is 19.3 Å². The van der Waals surface area contributed by atoms with Crippen molar-refractivity contribution in [2.45, 2.75) is 38.7 Å². The van der Waals surface area contributed by atoms with Crippen LogP contribution in [0.25, 0.3) is 0 Å². The third kappa shape index (κ3) is 2.21. The number of rotatable bonds is 3. The molecule has 0 aromatic carbocycles. The second kappa shape index (κ2) is 4.09. The molecule has 74 valence electrons. The average Bonchev–Trinajstić information content (AvgIpc) is 2.52. The SMILES string of the molecule is C/C(=N\OC1CCC1)C1CCOC1. The Bertz CT molecular complexity index is 193. The lowest BCUT2D eigenvalue weighted by Crippen LogP contribution is -2.21. The summed E-state index contributed by atoms with van der Waals surface area (Å²) in [5.74, 6) is 0.500. The van der Waals surface area contributed by atoms with Crippen molar-refractivity contribution in [1.29, 1.82) is 0 Å². The average molecular weight is 183 g/mol. The fourth-order valence-electron chi connectivity index (χ4n) is 1.57. The quantitative estimate of drug-likeness (QED) is 0.494. The minimum atomic E-state index is 0.400. The Morgan fingerprint density at radius 1 is 1.38 bits per heavy atom. The van der Waals surface area contributed by atoms with Crippen molar-refractivity contribution in [3.63, 3.8) is 0 Å². The van der Waals surface area contributed by atoms with Crippen LogP contribution in [0.4, 0.5) is 0 Å². The van der Waals surface area contributed by atoms with Gasteiger partial charge in [0.1, 0.15) is 6.10 Å². The van der Waals surface area contributed by atoms with E-state index >= 15 is 0 Å². The normalized spacial score (nSPS) is 30.2. The highest BCUT2D eigenvalue weighted by molar-refractivity contribution is 5.84. The number of oxime groups is 1. The first kappa shape index (κ1) is 9.00. The Morgan fingerprint density at radius 2 is 2.23 bits per heavy atom. The molecular formula is C10H17NO2. The van der Waals surface area contributed by atoms with Gasteiger partial charge in [-0.2, -0.15) is 0 Å². The molecule has 1 saturated carbocycles. The molecule has 1 aliphatic carbocycles. The van der Waals surface area contributed by atoms with Gasteiger partial charge in [0, 0.05) is 12.5 Å². The van der Waals surface area contributed by atoms with E-state index in [0.29, 0.717) is 12.0 Å². The van der Waals surface area contributed by atoms with E-state index < -0.39 is 0 Å². The highest BCUT2D eigenvalue weighted by Gasteiger charge is 2.21. The molecule has 1 saturated heterocycles. The van der Waals surface area contributed by atoms with Crippen LogP contribution >= 0.6 is 0 Å². The number of hydrogen-bond acceptors (Lipinski definition) is 3. The van der Waals surface area contributed by atoms with Crippen molar-refractivity contribution in [3.05, 3.63) is 0 Å². The molecule has 0 spiro atoms. The molecule has 1 heterocycles. The third-order valence-electron chi connectivity index (χ3n) is 2.92. The molecule has 13 heavy (non-hydrogen) atoms. The maximum absolute atomic E-state index is 5.38. The van der Waals surface area contributed by atoms with E-state index in [0.717, 1.165) is 25.3 Å². The van der Waals surface area contributed by atoms with Gasteiger partial charge < -0.3 is 9.57 Å². The lowest BCUT2D eigenvalue weighted by molar-refractivity contribution is 0.00504. The molecule has 2 aliphatic rings. The van der Waals surface area contributed by atoms with Gasteiger partial charge in [-0.3, -0.25) is 0 Å². The van der Waals surface area contributed by atoms with Crippen molar-refractivity contribution >= 4 is 5.71 Å². The molecule has 0 amide bonds. The summed E-state index contributed by atoms with van der Waals surface area (Å²) >= 11 is 0. The van der Waals surface area contributed by atoms with E-state index in [4.69, 9.17) is 9.57 Å². The number of hydrogen-bond donors (Lipinski definition) is 0. The van der Waals surface area contributed by atoms with E-state index in [2.05, 4.69) is 5.16 Å². The van der Waals surface area contributed by atoms with Gasteiger partial charge in [-0.25, -0.2) is 0 Å². The Kier molecular flexibility index (Phi) is 2.83. The molecule has 0 aromatic heterocycles. The highest BCUT2D eigenvalue weighted by atomic mass is 16.6. The first-order valence-corrected chi connectivity index (χ1v) is 5.14. The minimum absolute atomic E-state index is 0.400. The maximum atomic E-state index is 5.38. The number of nitrogens with zero attached hydrogens (tertiary/aromatic N) is 1. The van der Waals surface area contributed by atoms with Crippen LogP contribution in [0, 0.1) is 5.92 Å². The van der Waals surface area contributed by atoms with Crippen LogP contribution in [0.2, 0.25) is 0 Å². The molecule has 0 radical (unpaired) electrons. The van der Waals surface area contributed by atoms with E-state index in [1.807, 2.05) is 6.92 Å². The summed E-state index contributed by atoms with van der Waals surface area (Å²) in [5.41, 5.74) is 1.10. The maximum Gasteiger partial charge on any atom is 0.127 e. The summed E-state index contributed by atoms with van der Waals surface area (Å²) in [6, 6.07) is 0. The Hall–Kier alpha value is -0.570. The molecule has 1 unspecified atom stereocenters. The second-order valence-electron chi connectivity index (χ2n) is 3.95. The molecule has 3 heteroatoms. The summed E-state index contributed by atoms with van der Waals surface area (Å²) < 4.78 is 5.29. The second-order valence-corrected chi connectivity index (χ2v) is 3.95. The molecular weight excluding hydrogens is 166 g/mol. The summed E-state index contributed by atoms with van der Waals surface area (Å²) in [6.07, 6.45) is 5.16. The largest absolute Gasteiger partial charge is 0.393 e. The van der Waals surface area contributed by atoms with E-state index in [9.17, 15) is 0 Å². The van der Waals surface area contributed by atoms with Gasteiger partial charge in [0.2, 0.25) is 0 Å². The van der Waals surface area contributed by atoms with Crippen LogP contribution in [-0.4, -0.2) is 25.0 Å². The van der Waals surface area contributed by atoms with E-state index in [1.54, 1.807) is 0 Å². The zero-order valence-corrected chi connectivity index (χ0v) is 8.16. The molecule has 3 nitrogen and oxygen atoms in total. The van der Waals surface area contributed by atoms with Gasteiger partial charge >= 0.3 is 0 Å². The fraction of sp³-hybridized carbons (Fsp3) is 0.900. The van der Waals surface area contributed by atoms with Crippen molar-refractivity contribution < 1.29 is 9.57 Å². The lowest BCUT2D eigenvalue weighted by Gasteiger charge is -2.23. The molecule has 2 fully saturated rings. The summed E-state index contributed by atoms with van der Waals surface area (Å²) in [4.78, 5) is 5.38. The van der Waals surface area contributed by atoms with Crippen LogP contribution in [0.3, 0.4) is 0 Å². The van der Waals surface area contributed by atoms with E-state index in [-0.39, 0.29) is 0 Å². The van der Waals surface area contributed by atoms with Gasteiger partial charge in [-0.05, 0) is 32.6 Å². The monoisotopic (exact) mass is 183 g/mol. The Labute approximate surface area is 79.1 Å². The van der Waals surface area contributed by atoms with Crippen molar-refractivity contribution in [2.75, 3.05) is 13.2 Å². The highest BCUT2D eigenvalue weighted by Crippen LogP contribution is 2.23. The topological polar surface area (TPSA) is 30.8 Å². The van der Waals surface area contributed by atoms with Crippen LogP contribution in [0.15, 0.2) is 5.16 Å². The Balaban J connectivity index is 1.76. The van der Waals surface area contributed by atoms with Crippen molar-refractivity contribution in [3.8, 4) is 0 Å². The first-order chi connectivity index (χ1) is 6.36. The van der Waals surface area contributed by atoms with Crippen LogP contribution in [-0.2, 0) is 9.57 Å². The summed E-state index contributed by atoms with van der Waals surface area (Å²) in [6.45, 7) is 3.74. The first-order valence-electron chi connectivity index (χ1n) is 5.14. The zero-order valence-electron chi connectivity index (χ0n) is 8.16. The standard InChI is InChI=1S/C10H17NO2/c1-8(9-5-6-12-7-9)11-13-10-3-2-4-10/h9-10H,2-7H2,1H3/b11-8+. The van der Waals surface area contributed by atoms with Gasteiger partial charge in [-0.15, -0.1) is 0 Å². The Morgan fingerprint density at radius 3 is 2.77 bits per heavy atom. The molecule has 0 bridgehead atoms. The molecule has 0 aromatic rings. The van der Waals surface area contributed by atoms with Crippen molar-refractivity contribution in [1.82, 2.24) is 0 Å². The van der Waals surface area contributed by atoms with Gasteiger partial charge in [0.25, 0.3) is 0 Å². The third-order valence-corrected chi connectivity index (χ3v) is 2.92. The summed E-state index contributed by atoms with van der Waals surface area (Å²) in [7, 11) is 0. The predicted molar refractivity (Wildman–Crippen MR) is 50.8 cm³/mol.